The van der Waals surface area contributed by atoms with Crippen LogP contribution in [0.1, 0.15) is 36.8 Å². The fraction of sp³-hybridized carbons (Fsp3) is 0.417. The lowest BCUT2D eigenvalue weighted by Crippen LogP contribution is -2.32. The zero-order valence-electron chi connectivity index (χ0n) is 18.0. The topological polar surface area (TPSA) is 75.7 Å². The van der Waals surface area contributed by atoms with Crippen LogP contribution in [0.5, 0.6) is 0 Å². The van der Waals surface area contributed by atoms with Crippen molar-refractivity contribution in [3.8, 4) is 0 Å². The molecule has 2 aliphatic rings. The van der Waals surface area contributed by atoms with E-state index in [0.717, 1.165) is 50.9 Å². The highest BCUT2D eigenvalue weighted by Crippen LogP contribution is 2.24. The van der Waals surface area contributed by atoms with Crippen LogP contribution in [0.2, 0.25) is 5.02 Å². The highest BCUT2D eigenvalue weighted by Gasteiger charge is 2.23. The highest BCUT2D eigenvalue weighted by atomic mass is 35.5. The number of halogens is 1. The van der Waals surface area contributed by atoms with E-state index in [2.05, 4.69) is 44.9 Å². The van der Waals surface area contributed by atoms with Crippen LogP contribution < -0.4 is 10.8 Å². The molecule has 0 bridgehead atoms. The molecule has 8 heteroatoms. The number of anilines is 1. The number of nitrogens with zero attached hydrogens (tertiary/aromatic N) is 2. The van der Waals surface area contributed by atoms with E-state index in [0.29, 0.717) is 23.5 Å². The summed E-state index contributed by atoms with van der Waals surface area (Å²) in [5.41, 5.74) is 4.46. The SMILES string of the molecule is O=C(/C=C/c1cnc(N[C@@H]2CCN(Cc3ccccc3)C2)c(Cl)c1)NOC1CCCCO1. The molecule has 7 nitrogen and oxygen atoms in total. The zero-order chi connectivity index (χ0) is 22.2. The van der Waals surface area contributed by atoms with E-state index in [1.807, 2.05) is 6.07 Å². The maximum absolute atomic E-state index is 12.0. The van der Waals surface area contributed by atoms with Crippen LogP contribution in [-0.2, 0) is 20.9 Å². The maximum atomic E-state index is 12.0. The van der Waals surface area contributed by atoms with Crippen molar-refractivity contribution < 1.29 is 14.4 Å². The van der Waals surface area contributed by atoms with Crippen LogP contribution in [0.15, 0.2) is 48.7 Å². The third kappa shape index (κ3) is 6.77. The fourth-order valence-electron chi connectivity index (χ4n) is 3.91. The minimum atomic E-state index is -0.373. The van der Waals surface area contributed by atoms with Gasteiger partial charge in [-0.2, -0.15) is 0 Å². The molecule has 1 aromatic heterocycles. The van der Waals surface area contributed by atoms with Gasteiger partial charge in [0, 0.05) is 51.0 Å². The van der Waals surface area contributed by atoms with Crippen molar-refractivity contribution in [3.05, 3.63) is 64.8 Å². The van der Waals surface area contributed by atoms with E-state index in [1.54, 1.807) is 18.3 Å². The number of benzene rings is 1. The van der Waals surface area contributed by atoms with Gasteiger partial charge in [0.2, 0.25) is 0 Å². The Balaban J connectivity index is 1.24. The number of rotatable bonds is 8. The molecule has 0 saturated carbocycles. The molecule has 1 unspecified atom stereocenters. The number of hydrogen-bond acceptors (Lipinski definition) is 6. The number of ether oxygens (including phenoxy) is 1. The van der Waals surface area contributed by atoms with Crippen LogP contribution >= 0.6 is 11.6 Å². The second-order valence-corrected chi connectivity index (χ2v) is 8.57. The van der Waals surface area contributed by atoms with Gasteiger partial charge in [0.15, 0.2) is 6.29 Å². The van der Waals surface area contributed by atoms with Crippen molar-refractivity contribution in [2.75, 3.05) is 25.0 Å². The molecule has 1 amide bonds. The number of carbonyl (C=O) groups excluding carboxylic acids is 1. The van der Waals surface area contributed by atoms with E-state index in [1.165, 1.54) is 11.6 Å². The van der Waals surface area contributed by atoms with E-state index in [9.17, 15) is 4.79 Å². The molecular weight excluding hydrogens is 428 g/mol. The van der Waals surface area contributed by atoms with Gasteiger partial charge in [-0.15, -0.1) is 0 Å². The van der Waals surface area contributed by atoms with Crippen LogP contribution in [0.4, 0.5) is 5.82 Å². The minimum Gasteiger partial charge on any atom is -0.365 e. The van der Waals surface area contributed by atoms with Gasteiger partial charge in [-0.05, 0) is 42.5 Å². The number of aromatic nitrogens is 1. The summed E-state index contributed by atoms with van der Waals surface area (Å²) in [5.74, 6) is 0.305. The molecule has 2 aliphatic heterocycles. The first-order valence-electron chi connectivity index (χ1n) is 11.1. The van der Waals surface area contributed by atoms with Crippen molar-refractivity contribution >= 4 is 29.4 Å². The molecular formula is C24H29ClN4O3. The number of hydroxylamine groups is 1. The van der Waals surface area contributed by atoms with E-state index in [4.69, 9.17) is 21.2 Å². The molecule has 3 heterocycles. The molecule has 4 rings (SSSR count). The Labute approximate surface area is 193 Å². The summed E-state index contributed by atoms with van der Waals surface area (Å²) in [5, 5.41) is 3.98. The molecule has 2 aromatic rings. The highest BCUT2D eigenvalue weighted by molar-refractivity contribution is 6.33. The first kappa shape index (κ1) is 22.7. The van der Waals surface area contributed by atoms with Gasteiger partial charge < -0.3 is 10.1 Å². The standard InChI is InChI=1S/C24H29ClN4O3/c25-21-14-19(9-10-22(30)28-32-23-8-4-5-13-31-23)15-26-24(21)27-20-11-12-29(17-20)16-18-6-2-1-3-7-18/h1-3,6-7,9-10,14-15,20,23H,4-5,8,11-13,16-17H2,(H,26,27)(H,28,30)/b10-9+/t20-,23?/m1/s1. The minimum absolute atomic E-state index is 0.301. The Morgan fingerprint density at radius 1 is 1.28 bits per heavy atom. The number of nitrogens with one attached hydrogen (secondary N) is 2. The Morgan fingerprint density at radius 3 is 2.94 bits per heavy atom. The number of carbonyl (C=O) groups is 1. The second-order valence-electron chi connectivity index (χ2n) is 8.16. The predicted molar refractivity (Wildman–Crippen MR) is 125 cm³/mol. The molecule has 2 saturated heterocycles. The van der Waals surface area contributed by atoms with Crippen molar-refractivity contribution in [1.29, 1.82) is 0 Å². The molecule has 0 spiro atoms. The van der Waals surface area contributed by atoms with Crippen LogP contribution in [0.25, 0.3) is 6.08 Å². The first-order valence-corrected chi connectivity index (χ1v) is 11.5. The molecule has 2 fully saturated rings. The molecule has 0 radical (unpaired) electrons. The summed E-state index contributed by atoms with van der Waals surface area (Å²) in [7, 11) is 0. The number of pyridine rings is 1. The van der Waals surface area contributed by atoms with Crippen molar-refractivity contribution in [1.82, 2.24) is 15.4 Å². The van der Waals surface area contributed by atoms with Crippen LogP contribution in [-0.4, -0.2) is 47.8 Å². The Kier molecular flexibility index (Phi) is 8.12. The van der Waals surface area contributed by atoms with E-state index >= 15 is 0 Å². The predicted octanol–water partition coefficient (Wildman–Crippen LogP) is 4.01. The molecule has 2 N–H and O–H groups in total. The van der Waals surface area contributed by atoms with E-state index < -0.39 is 0 Å². The molecule has 1 aromatic carbocycles. The second kappa shape index (κ2) is 11.4. The molecule has 32 heavy (non-hydrogen) atoms. The lowest BCUT2D eigenvalue weighted by atomic mass is 10.2. The van der Waals surface area contributed by atoms with Gasteiger partial charge in [-0.1, -0.05) is 41.9 Å². The lowest BCUT2D eigenvalue weighted by Gasteiger charge is -2.21. The fourth-order valence-corrected chi connectivity index (χ4v) is 4.14. The molecule has 2 atom stereocenters. The van der Waals surface area contributed by atoms with Gasteiger partial charge in [-0.25, -0.2) is 15.3 Å². The third-order valence-corrected chi connectivity index (χ3v) is 5.87. The Morgan fingerprint density at radius 2 is 2.16 bits per heavy atom. The van der Waals surface area contributed by atoms with Crippen molar-refractivity contribution in [2.24, 2.45) is 0 Å². The average molecular weight is 457 g/mol. The van der Waals surface area contributed by atoms with Crippen molar-refractivity contribution in [3.63, 3.8) is 0 Å². The van der Waals surface area contributed by atoms with Gasteiger partial charge in [0.25, 0.3) is 5.91 Å². The van der Waals surface area contributed by atoms with Gasteiger partial charge in [-0.3, -0.25) is 9.69 Å². The average Bonchev–Trinajstić information content (AvgIpc) is 3.26. The number of likely N-dealkylation sites (tertiary alicyclic amines) is 1. The van der Waals surface area contributed by atoms with Gasteiger partial charge in [0.05, 0.1) is 5.02 Å². The summed E-state index contributed by atoms with van der Waals surface area (Å²) in [6.07, 6.45) is 8.25. The summed E-state index contributed by atoms with van der Waals surface area (Å²) in [6.45, 7) is 3.59. The monoisotopic (exact) mass is 456 g/mol. The summed E-state index contributed by atoms with van der Waals surface area (Å²) in [6, 6.07) is 12.6. The quantitative estimate of drug-likeness (QED) is 0.461. The van der Waals surface area contributed by atoms with Crippen LogP contribution in [0.3, 0.4) is 0 Å². The lowest BCUT2D eigenvalue weighted by molar-refractivity contribution is -0.198. The molecule has 170 valence electrons. The normalized spacial score (nSPS) is 21.7. The number of amides is 1. The Hall–Kier alpha value is -2.45. The van der Waals surface area contributed by atoms with Gasteiger partial charge in [0.1, 0.15) is 5.82 Å². The summed E-state index contributed by atoms with van der Waals surface area (Å²) < 4.78 is 5.41. The smallest absolute Gasteiger partial charge is 0.267 e. The van der Waals surface area contributed by atoms with Crippen molar-refractivity contribution in [2.45, 2.75) is 44.6 Å². The zero-order valence-corrected chi connectivity index (χ0v) is 18.8. The Bertz CT molecular complexity index is 919. The third-order valence-electron chi connectivity index (χ3n) is 5.58. The largest absolute Gasteiger partial charge is 0.365 e. The molecule has 0 aliphatic carbocycles. The maximum Gasteiger partial charge on any atom is 0.267 e. The van der Waals surface area contributed by atoms with E-state index in [-0.39, 0.29) is 12.2 Å². The first-order chi connectivity index (χ1) is 15.7. The summed E-state index contributed by atoms with van der Waals surface area (Å²) in [4.78, 5) is 24.1. The van der Waals surface area contributed by atoms with Gasteiger partial charge >= 0.3 is 0 Å². The van der Waals surface area contributed by atoms with Crippen LogP contribution in [0, 0.1) is 0 Å². The number of hydrogen-bond donors (Lipinski definition) is 2. The summed E-state index contributed by atoms with van der Waals surface area (Å²) >= 11 is 6.44.